The molecule has 0 bridgehead atoms. The van der Waals surface area contributed by atoms with Crippen molar-refractivity contribution < 1.29 is 9.59 Å². The maximum absolute atomic E-state index is 12.9. The molecule has 0 aromatic heterocycles. The summed E-state index contributed by atoms with van der Waals surface area (Å²) in [4.78, 5) is 24.8. The Bertz CT molecular complexity index is 402. The predicted molar refractivity (Wildman–Crippen MR) is 96.2 cm³/mol. The molecule has 3 nitrogen and oxygen atoms in total. The molecule has 1 aliphatic rings. The molecule has 1 aliphatic carbocycles. The quantitative estimate of drug-likeness (QED) is 0.735. The van der Waals surface area contributed by atoms with E-state index in [0.29, 0.717) is 11.7 Å². The van der Waals surface area contributed by atoms with Crippen LogP contribution in [0.25, 0.3) is 0 Å². The molecule has 1 saturated carbocycles. The summed E-state index contributed by atoms with van der Waals surface area (Å²) in [6.07, 6.45) is 7.14. The molecule has 0 aromatic carbocycles. The third-order valence-corrected chi connectivity index (χ3v) is 5.63. The molecule has 134 valence electrons. The first-order valence-corrected chi connectivity index (χ1v) is 9.46. The Labute approximate surface area is 143 Å². The first-order valence-electron chi connectivity index (χ1n) is 9.46. The largest absolute Gasteiger partial charge is 0.355 e. The molecule has 1 atom stereocenters. The van der Waals surface area contributed by atoms with Crippen molar-refractivity contribution in [3.05, 3.63) is 0 Å². The van der Waals surface area contributed by atoms with Crippen LogP contribution in [-0.2, 0) is 9.59 Å². The average Bonchev–Trinajstić information content (AvgIpc) is 2.51. The SMILES string of the molecule is CCCC(C)(CC)C(=O)[C@H]1CC[C@H](CNC(=O)C(C)(C)C)CC1. The molecule has 0 saturated heterocycles. The summed E-state index contributed by atoms with van der Waals surface area (Å²) in [6.45, 7) is 13.0. The predicted octanol–water partition coefficient (Wildman–Crippen LogP) is 4.74. The molecule has 0 radical (unpaired) electrons. The van der Waals surface area contributed by atoms with E-state index in [1.165, 1.54) is 0 Å². The van der Waals surface area contributed by atoms with E-state index in [9.17, 15) is 9.59 Å². The third kappa shape index (κ3) is 5.61. The number of carbonyl (C=O) groups excluding carboxylic acids is 2. The van der Waals surface area contributed by atoms with Gasteiger partial charge in [-0.3, -0.25) is 9.59 Å². The minimum absolute atomic E-state index is 0.122. The summed E-state index contributed by atoms with van der Waals surface area (Å²) < 4.78 is 0. The standard InChI is InChI=1S/C20H37NO2/c1-7-13-20(6,8-2)17(22)16-11-9-15(10-12-16)14-21-18(23)19(3,4)5/h15-16H,7-14H2,1-6H3,(H,21,23)/t15-,16-,20?. The lowest BCUT2D eigenvalue weighted by molar-refractivity contribution is -0.134. The molecule has 23 heavy (non-hydrogen) atoms. The van der Waals surface area contributed by atoms with E-state index in [1.807, 2.05) is 20.8 Å². The Morgan fingerprint density at radius 2 is 1.57 bits per heavy atom. The van der Waals surface area contributed by atoms with E-state index < -0.39 is 0 Å². The molecule has 1 N–H and O–H groups in total. The van der Waals surface area contributed by atoms with Gasteiger partial charge in [0.05, 0.1) is 0 Å². The molecule has 1 rings (SSSR count). The van der Waals surface area contributed by atoms with Crippen LogP contribution in [0.2, 0.25) is 0 Å². The number of rotatable bonds is 7. The highest BCUT2D eigenvalue weighted by atomic mass is 16.2. The summed E-state index contributed by atoms with van der Waals surface area (Å²) >= 11 is 0. The summed E-state index contributed by atoms with van der Waals surface area (Å²) in [5, 5.41) is 3.07. The van der Waals surface area contributed by atoms with Crippen LogP contribution >= 0.6 is 0 Å². The molecular weight excluding hydrogens is 286 g/mol. The van der Waals surface area contributed by atoms with Gasteiger partial charge in [0.2, 0.25) is 5.91 Å². The van der Waals surface area contributed by atoms with Crippen molar-refractivity contribution in [2.45, 2.75) is 86.5 Å². The van der Waals surface area contributed by atoms with Gasteiger partial charge in [-0.25, -0.2) is 0 Å². The zero-order chi connectivity index (χ0) is 17.7. The Hall–Kier alpha value is -0.860. The van der Waals surface area contributed by atoms with Crippen LogP contribution in [0.4, 0.5) is 0 Å². The van der Waals surface area contributed by atoms with Gasteiger partial charge in [0.25, 0.3) is 0 Å². The third-order valence-electron chi connectivity index (χ3n) is 5.63. The number of amides is 1. The van der Waals surface area contributed by atoms with Crippen molar-refractivity contribution in [3.8, 4) is 0 Å². The van der Waals surface area contributed by atoms with Gasteiger partial charge in [-0.15, -0.1) is 0 Å². The fourth-order valence-corrected chi connectivity index (χ4v) is 3.65. The highest BCUT2D eigenvalue weighted by Gasteiger charge is 2.37. The van der Waals surface area contributed by atoms with Crippen LogP contribution in [0.15, 0.2) is 0 Å². The van der Waals surface area contributed by atoms with E-state index in [4.69, 9.17) is 0 Å². The maximum atomic E-state index is 12.9. The number of carbonyl (C=O) groups is 2. The molecule has 0 aliphatic heterocycles. The Morgan fingerprint density at radius 1 is 1.00 bits per heavy atom. The Morgan fingerprint density at radius 3 is 2.00 bits per heavy atom. The lowest BCUT2D eigenvalue weighted by Crippen LogP contribution is -2.40. The summed E-state index contributed by atoms with van der Waals surface area (Å²) in [5.74, 6) is 1.38. The minimum atomic E-state index is -0.323. The maximum Gasteiger partial charge on any atom is 0.225 e. The van der Waals surface area contributed by atoms with Gasteiger partial charge in [-0.05, 0) is 44.4 Å². The highest BCUT2D eigenvalue weighted by molar-refractivity contribution is 5.86. The van der Waals surface area contributed by atoms with Gasteiger partial charge in [0.1, 0.15) is 5.78 Å². The number of hydrogen-bond acceptors (Lipinski definition) is 2. The molecule has 0 spiro atoms. The second-order valence-electron chi connectivity index (χ2n) is 8.71. The number of hydrogen-bond donors (Lipinski definition) is 1. The molecule has 1 fully saturated rings. The van der Waals surface area contributed by atoms with Crippen molar-refractivity contribution in [1.29, 1.82) is 0 Å². The van der Waals surface area contributed by atoms with Crippen LogP contribution in [0.1, 0.15) is 86.5 Å². The normalized spacial score (nSPS) is 24.8. The number of nitrogens with one attached hydrogen (secondary N) is 1. The molecule has 0 aromatic rings. The fraction of sp³-hybridized carbons (Fsp3) is 0.900. The van der Waals surface area contributed by atoms with E-state index >= 15 is 0 Å². The van der Waals surface area contributed by atoms with E-state index in [1.54, 1.807) is 0 Å². The summed E-state index contributed by atoms with van der Waals surface area (Å²) in [6, 6.07) is 0. The zero-order valence-electron chi connectivity index (χ0n) is 16.1. The first kappa shape index (κ1) is 20.2. The summed E-state index contributed by atoms with van der Waals surface area (Å²) in [7, 11) is 0. The van der Waals surface area contributed by atoms with Gasteiger partial charge in [-0.2, -0.15) is 0 Å². The molecule has 3 heteroatoms. The van der Waals surface area contributed by atoms with Crippen molar-refractivity contribution in [2.24, 2.45) is 22.7 Å². The van der Waals surface area contributed by atoms with Gasteiger partial charge in [-0.1, -0.05) is 48.0 Å². The molecule has 1 amide bonds. The second kappa shape index (κ2) is 8.30. The van der Waals surface area contributed by atoms with Crippen LogP contribution in [-0.4, -0.2) is 18.2 Å². The van der Waals surface area contributed by atoms with Gasteiger partial charge in [0, 0.05) is 23.3 Å². The van der Waals surface area contributed by atoms with Crippen LogP contribution < -0.4 is 5.32 Å². The van der Waals surface area contributed by atoms with Crippen LogP contribution in [0, 0.1) is 22.7 Å². The van der Waals surface area contributed by atoms with Crippen molar-refractivity contribution >= 4 is 11.7 Å². The highest BCUT2D eigenvalue weighted by Crippen LogP contribution is 2.38. The van der Waals surface area contributed by atoms with Crippen LogP contribution in [0.5, 0.6) is 0 Å². The second-order valence-corrected chi connectivity index (χ2v) is 8.71. The lowest BCUT2D eigenvalue weighted by Gasteiger charge is -2.35. The van der Waals surface area contributed by atoms with E-state index in [2.05, 4.69) is 26.1 Å². The zero-order valence-corrected chi connectivity index (χ0v) is 16.1. The van der Waals surface area contributed by atoms with E-state index in [-0.39, 0.29) is 22.7 Å². The van der Waals surface area contributed by atoms with E-state index in [0.717, 1.165) is 51.5 Å². The average molecular weight is 324 g/mol. The molecule has 0 heterocycles. The van der Waals surface area contributed by atoms with Crippen molar-refractivity contribution in [3.63, 3.8) is 0 Å². The fourth-order valence-electron chi connectivity index (χ4n) is 3.65. The Kier molecular flexibility index (Phi) is 7.29. The van der Waals surface area contributed by atoms with Gasteiger partial charge >= 0.3 is 0 Å². The summed E-state index contributed by atoms with van der Waals surface area (Å²) in [5.41, 5.74) is -0.455. The molecule has 1 unspecified atom stereocenters. The molecular formula is C20H37NO2. The lowest BCUT2D eigenvalue weighted by atomic mass is 9.69. The van der Waals surface area contributed by atoms with Gasteiger partial charge in [0.15, 0.2) is 0 Å². The number of Topliss-reactive ketones (excluding diaryl/α,β-unsaturated/α-hetero) is 1. The first-order chi connectivity index (χ1) is 10.6. The Balaban J connectivity index is 2.46. The monoisotopic (exact) mass is 323 g/mol. The smallest absolute Gasteiger partial charge is 0.225 e. The minimum Gasteiger partial charge on any atom is -0.355 e. The van der Waals surface area contributed by atoms with Gasteiger partial charge < -0.3 is 5.32 Å². The van der Waals surface area contributed by atoms with Crippen LogP contribution in [0.3, 0.4) is 0 Å². The topological polar surface area (TPSA) is 46.2 Å². The van der Waals surface area contributed by atoms with Crippen molar-refractivity contribution in [1.82, 2.24) is 5.32 Å². The number of ketones is 1. The van der Waals surface area contributed by atoms with Crippen molar-refractivity contribution in [2.75, 3.05) is 6.54 Å².